The molecule has 0 radical (unpaired) electrons. The first-order valence-electron chi connectivity index (χ1n) is 12.2. The molecule has 3 atom stereocenters. The number of halogens is 1. The molecule has 2 N–H and O–H groups in total. The van der Waals surface area contributed by atoms with E-state index in [0.717, 1.165) is 12.8 Å². The molecule has 2 aliphatic heterocycles. The number of aromatic nitrogens is 4. The highest BCUT2D eigenvalue weighted by molar-refractivity contribution is 5.75. The van der Waals surface area contributed by atoms with Crippen molar-refractivity contribution in [3.05, 3.63) is 42.5 Å². The van der Waals surface area contributed by atoms with Gasteiger partial charge in [-0.1, -0.05) is 0 Å². The number of piperidine rings is 1. The Morgan fingerprint density at radius 3 is 2.51 bits per heavy atom. The molecule has 2 aromatic heterocycles. The van der Waals surface area contributed by atoms with Gasteiger partial charge < -0.3 is 19.5 Å². The summed E-state index contributed by atoms with van der Waals surface area (Å²) in [6.07, 6.45) is 5.40. The highest BCUT2D eigenvalue weighted by atomic mass is 19.1. The summed E-state index contributed by atoms with van der Waals surface area (Å²) in [5, 5.41) is 25.3. The van der Waals surface area contributed by atoms with Gasteiger partial charge >= 0.3 is 6.09 Å². The zero-order valence-electron chi connectivity index (χ0n) is 21.4. The van der Waals surface area contributed by atoms with Crippen molar-refractivity contribution in [2.45, 2.75) is 56.7 Å². The van der Waals surface area contributed by atoms with Crippen molar-refractivity contribution in [1.29, 1.82) is 0 Å². The van der Waals surface area contributed by atoms with Crippen LogP contribution in [0.3, 0.4) is 0 Å². The maximum Gasteiger partial charge on any atom is 0.408 e. The quantitative estimate of drug-likeness (QED) is 0.445. The maximum absolute atomic E-state index is 15.1. The van der Waals surface area contributed by atoms with Crippen molar-refractivity contribution in [2.75, 3.05) is 25.9 Å². The molecule has 196 valence electrons. The number of amides is 1. The number of hydrogen-bond donors (Lipinski definition) is 2. The van der Waals surface area contributed by atoms with Crippen molar-refractivity contribution < 1.29 is 23.8 Å². The Morgan fingerprint density at radius 2 is 1.95 bits per heavy atom. The Bertz CT molecular complexity index is 1270. The van der Waals surface area contributed by atoms with Gasteiger partial charge in [0.15, 0.2) is 12.6 Å². The lowest BCUT2D eigenvalue weighted by atomic mass is 9.82. The fourth-order valence-electron chi connectivity index (χ4n) is 6.08. The molecule has 2 aliphatic rings. The molecule has 37 heavy (non-hydrogen) atoms. The van der Waals surface area contributed by atoms with E-state index in [4.69, 9.17) is 9.47 Å². The topological polar surface area (TPSA) is 117 Å². The molecule has 1 aromatic carbocycles. The summed E-state index contributed by atoms with van der Waals surface area (Å²) >= 11 is 0. The number of ether oxygens (including phenoxy) is 2. The maximum atomic E-state index is 15.1. The first kappa shape index (κ1) is 24.9. The van der Waals surface area contributed by atoms with Crippen molar-refractivity contribution in [3.63, 3.8) is 0 Å². The lowest BCUT2D eigenvalue weighted by molar-refractivity contribution is 0.0131. The zero-order valence-corrected chi connectivity index (χ0v) is 21.4. The molecular formula is C26H31FN6O4. The van der Waals surface area contributed by atoms with Crippen LogP contribution < -0.4 is 9.64 Å². The van der Waals surface area contributed by atoms with Crippen molar-refractivity contribution >= 4 is 11.9 Å². The second-order valence-corrected chi connectivity index (χ2v) is 10.4. The van der Waals surface area contributed by atoms with Gasteiger partial charge in [-0.15, -0.1) is 10.2 Å². The molecule has 5 rings (SSSR count). The molecule has 2 bridgehead atoms. The lowest BCUT2D eigenvalue weighted by Gasteiger charge is -2.51. The van der Waals surface area contributed by atoms with Crippen molar-refractivity contribution in [3.8, 4) is 28.1 Å². The summed E-state index contributed by atoms with van der Waals surface area (Å²) in [5.74, 6) is 0.638. The van der Waals surface area contributed by atoms with E-state index in [9.17, 15) is 9.90 Å². The number of fused-ring (bicyclic) bond motifs is 2. The van der Waals surface area contributed by atoms with Gasteiger partial charge in [0.25, 0.3) is 0 Å². The van der Waals surface area contributed by atoms with E-state index in [1.807, 2.05) is 27.0 Å². The van der Waals surface area contributed by atoms with Crippen LogP contribution in [-0.4, -0.2) is 74.6 Å². The van der Waals surface area contributed by atoms with Crippen LogP contribution in [0.5, 0.6) is 5.75 Å². The van der Waals surface area contributed by atoms with Crippen LogP contribution in [-0.2, 0) is 4.74 Å². The van der Waals surface area contributed by atoms with Crippen LogP contribution in [0, 0.1) is 5.82 Å². The van der Waals surface area contributed by atoms with Crippen LogP contribution in [0.1, 0.15) is 39.5 Å². The number of carbonyl (C=O) groups is 1. The van der Waals surface area contributed by atoms with Gasteiger partial charge in [0, 0.05) is 54.2 Å². The average molecular weight is 511 g/mol. The molecule has 1 unspecified atom stereocenters. The number of carboxylic acid groups (broad SMARTS) is 1. The van der Waals surface area contributed by atoms with Gasteiger partial charge in [-0.2, -0.15) is 5.10 Å². The summed E-state index contributed by atoms with van der Waals surface area (Å²) in [6, 6.07) is 6.72. The molecule has 2 fully saturated rings. The SMILES string of the molecule is COCOc1cc(-c2cn[nH]c2)c(F)cc1-c1ccc(N(C)C2C[C@]3(C)CC[C@](C)(C2)N3C(=O)O)nn1. The Morgan fingerprint density at radius 1 is 1.22 bits per heavy atom. The smallest absolute Gasteiger partial charge is 0.408 e. The van der Waals surface area contributed by atoms with Gasteiger partial charge in [0.05, 0.1) is 11.9 Å². The summed E-state index contributed by atoms with van der Waals surface area (Å²) in [7, 11) is 3.47. The molecule has 0 saturated carbocycles. The number of aromatic amines is 1. The third-order valence-corrected chi connectivity index (χ3v) is 7.87. The fraction of sp³-hybridized carbons (Fsp3) is 0.462. The van der Waals surface area contributed by atoms with E-state index in [1.54, 1.807) is 23.2 Å². The number of hydrogen-bond acceptors (Lipinski definition) is 7. The van der Waals surface area contributed by atoms with E-state index < -0.39 is 23.0 Å². The molecule has 11 heteroatoms. The van der Waals surface area contributed by atoms with Crippen LogP contribution in [0.15, 0.2) is 36.7 Å². The van der Waals surface area contributed by atoms with Crippen molar-refractivity contribution in [2.24, 2.45) is 0 Å². The van der Waals surface area contributed by atoms with Crippen LogP contribution in [0.2, 0.25) is 0 Å². The predicted octanol–water partition coefficient (Wildman–Crippen LogP) is 4.55. The third-order valence-electron chi connectivity index (χ3n) is 7.87. The van der Waals surface area contributed by atoms with Gasteiger partial charge in [-0.3, -0.25) is 10.00 Å². The van der Waals surface area contributed by atoms with Gasteiger partial charge in [-0.25, -0.2) is 9.18 Å². The third kappa shape index (κ3) is 4.37. The minimum atomic E-state index is -0.856. The Kier molecular flexibility index (Phi) is 6.26. The Hall–Kier alpha value is -3.73. The largest absolute Gasteiger partial charge is 0.467 e. The monoisotopic (exact) mass is 510 g/mol. The molecule has 0 aliphatic carbocycles. The first-order chi connectivity index (χ1) is 17.6. The molecule has 3 aromatic rings. The zero-order chi connectivity index (χ0) is 26.4. The van der Waals surface area contributed by atoms with E-state index in [0.29, 0.717) is 46.8 Å². The number of anilines is 1. The Labute approximate surface area is 214 Å². The summed E-state index contributed by atoms with van der Waals surface area (Å²) in [6.45, 7) is 4.05. The molecular weight excluding hydrogens is 479 g/mol. The van der Waals surface area contributed by atoms with Crippen LogP contribution in [0.25, 0.3) is 22.4 Å². The number of H-pyrrole nitrogens is 1. The summed E-state index contributed by atoms with van der Waals surface area (Å²) < 4.78 is 25.9. The minimum Gasteiger partial charge on any atom is -0.467 e. The number of nitrogens with zero attached hydrogens (tertiary/aromatic N) is 5. The number of methoxy groups -OCH3 is 1. The fourth-order valence-corrected chi connectivity index (χ4v) is 6.08. The molecule has 4 heterocycles. The summed E-state index contributed by atoms with van der Waals surface area (Å²) in [5.41, 5.74) is 1.04. The molecule has 1 amide bonds. The average Bonchev–Trinajstić information content (AvgIpc) is 3.46. The predicted molar refractivity (Wildman–Crippen MR) is 135 cm³/mol. The number of nitrogens with one attached hydrogen (secondary N) is 1. The molecule has 2 saturated heterocycles. The lowest BCUT2D eigenvalue weighted by Crippen LogP contribution is -2.62. The van der Waals surface area contributed by atoms with E-state index in [-0.39, 0.29) is 12.8 Å². The number of rotatable bonds is 7. The molecule has 10 nitrogen and oxygen atoms in total. The van der Waals surface area contributed by atoms with Crippen LogP contribution >= 0.6 is 0 Å². The normalized spacial score (nSPS) is 24.8. The second-order valence-electron chi connectivity index (χ2n) is 10.4. The standard InChI is InChI=1S/C26H31FN6O4/c1-25-7-8-26(2,33(25)24(34)35)12-17(11-25)32(3)23-6-5-21(30-31-23)19-9-20(27)18(16-13-28-29-14-16)10-22(19)37-15-36-4/h5-6,9-10,13-14,17H,7-8,11-12,15H2,1-4H3,(H,28,29)(H,34,35)/t17?,25-,26+. The van der Waals surface area contributed by atoms with Gasteiger partial charge in [0.2, 0.25) is 0 Å². The van der Waals surface area contributed by atoms with E-state index >= 15 is 4.39 Å². The first-order valence-corrected chi connectivity index (χ1v) is 12.2. The number of benzene rings is 1. The van der Waals surface area contributed by atoms with Gasteiger partial charge in [0.1, 0.15) is 11.6 Å². The molecule has 0 spiro atoms. The van der Waals surface area contributed by atoms with E-state index in [2.05, 4.69) is 25.3 Å². The Balaban J connectivity index is 1.41. The van der Waals surface area contributed by atoms with Crippen molar-refractivity contribution in [1.82, 2.24) is 25.3 Å². The second kappa shape index (κ2) is 9.29. The minimum absolute atomic E-state index is 0.00964. The van der Waals surface area contributed by atoms with E-state index in [1.165, 1.54) is 19.4 Å². The highest BCUT2D eigenvalue weighted by Gasteiger charge is 2.58. The van der Waals surface area contributed by atoms with Gasteiger partial charge in [-0.05, 0) is 63.8 Å². The van der Waals surface area contributed by atoms with Crippen LogP contribution in [0.4, 0.5) is 15.0 Å². The highest BCUT2D eigenvalue weighted by Crippen LogP contribution is 2.51. The summed E-state index contributed by atoms with van der Waals surface area (Å²) in [4.78, 5) is 15.7.